The minimum Gasteiger partial charge on any atom is -0.377 e. The molecule has 0 saturated carbocycles. The fraction of sp³-hybridized carbons (Fsp3) is 0.625. The monoisotopic (exact) mass is 275 g/mol. The zero-order valence-corrected chi connectivity index (χ0v) is 12.6. The summed E-state index contributed by atoms with van der Waals surface area (Å²) in [7, 11) is 1.66. The third-order valence-electron chi connectivity index (χ3n) is 3.56. The maximum absolute atomic E-state index is 5.09. The fourth-order valence-corrected chi connectivity index (χ4v) is 2.57. The highest BCUT2D eigenvalue weighted by molar-refractivity contribution is 5.35. The standard InChI is InChI=1S/C16H25N3O/c1-13-11-15(19-16(18-13)12-20-2)17-10-9-14-7-5-3-4-6-8-14/h7,11H,3-6,8-10,12H2,1-2H3,(H,17,18,19). The highest BCUT2D eigenvalue weighted by atomic mass is 16.5. The fourth-order valence-electron chi connectivity index (χ4n) is 2.57. The van der Waals surface area contributed by atoms with E-state index < -0.39 is 0 Å². The minimum atomic E-state index is 0.460. The second-order valence-corrected chi connectivity index (χ2v) is 5.38. The number of nitrogens with zero attached hydrogens (tertiary/aromatic N) is 2. The van der Waals surface area contributed by atoms with Gasteiger partial charge in [-0.3, -0.25) is 0 Å². The lowest BCUT2D eigenvalue weighted by atomic mass is 10.1. The third kappa shape index (κ3) is 4.93. The van der Waals surface area contributed by atoms with Gasteiger partial charge in [-0.05, 0) is 39.0 Å². The van der Waals surface area contributed by atoms with Crippen molar-refractivity contribution in [2.45, 2.75) is 52.1 Å². The molecule has 2 rings (SSSR count). The molecule has 0 aromatic carbocycles. The van der Waals surface area contributed by atoms with Crippen molar-refractivity contribution in [2.24, 2.45) is 0 Å². The van der Waals surface area contributed by atoms with Crippen LogP contribution in [0.25, 0.3) is 0 Å². The average molecular weight is 275 g/mol. The van der Waals surface area contributed by atoms with E-state index in [4.69, 9.17) is 4.74 Å². The number of hydrogen-bond donors (Lipinski definition) is 1. The van der Waals surface area contributed by atoms with E-state index in [1.54, 1.807) is 12.7 Å². The second kappa shape index (κ2) is 8.00. The van der Waals surface area contributed by atoms with Crippen molar-refractivity contribution in [1.29, 1.82) is 0 Å². The largest absolute Gasteiger partial charge is 0.377 e. The number of aromatic nitrogens is 2. The van der Waals surface area contributed by atoms with Crippen molar-refractivity contribution < 1.29 is 4.74 Å². The number of anilines is 1. The van der Waals surface area contributed by atoms with Crippen molar-refractivity contribution >= 4 is 5.82 Å². The Balaban J connectivity index is 1.85. The molecule has 1 aliphatic rings. The summed E-state index contributed by atoms with van der Waals surface area (Å²) in [5.41, 5.74) is 2.57. The van der Waals surface area contributed by atoms with Gasteiger partial charge < -0.3 is 10.1 Å². The molecule has 0 radical (unpaired) electrons. The van der Waals surface area contributed by atoms with Gasteiger partial charge in [0.15, 0.2) is 5.82 Å². The molecule has 0 aliphatic heterocycles. The summed E-state index contributed by atoms with van der Waals surface area (Å²) < 4.78 is 5.09. The first-order chi connectivity index (χ1) is 9.78. The van der Waals surface area contributed by atoms with E-state index in [1.807, 2.05) is 13.0 Å². The summed E-state index contributed by atoms with van der Waals surface area (Å²) >= 11 is 0. The van der Waals surface area contributed by atoms with Crippen LogP contribution in [0.1, 0.15) is 50.0 Å². The lowest BCUT2D eigenvalue weighted by Gasteiger charge is -2.09. The predicted molar refractivity (Wildman–Crippen MR) is 81.8 cm³/mol. The van der Waals surface area contributed by atoms with Gasteiger partial charge in [-0.1, -0.05) is 18.1 Å². The zero-order chi connectivity index (χ0) is 14.2. The van der Waals surface area contributed by atoms with Crippen LogP contribution in [0.15, 0.2) is 17.7 Å². The quantitative estimate of drug-likeness (QED) is 0.805. The van der Waals surface area contributed by atoms with Crippen LogP contribution in [0.2, 0.25) is 0 Å². The van der Waals surface area contributed by atoms with E-state index >= 15 is 0 Å². The molecular formula is C16H25N3O. The lowest BCUT2D eigenvalue weighted by Crippen LogP contribution is -2.08. The Morgan fingerprint density at radius 2 is 2.15 bits per heavy atom. The smallest absolute Gasteiger partial charge is 0.156 e. The number of ether oxygens (including phenoxy) is 1. The van der Waals surface area contributed by atoms with Crippen LogP contribution in [0, 0.1) is 6.92 Å². The van der Waals surface area contributed by atoms with Gasteiger partial charge in [-0.15, -0.1) is 0 Å². The maximum atomic E-state index is 5.09. The van der Waals surface area contributed by atoms with E-state index in [-0.39, 0.29) is 0 Å². The first-order valence-electron chi connectivity index (χ1n) is 7.53. The van der Waals surface area contributed by atoms with Gasteiger partial charge >= 0.3 is 0 Å². The van der Waals surface area contributed by atoms with Crippen molar-refractivity contribution in [3.8, 4) is 0 Å². The molecule has 4 heteroatoms. The molecule has 0 saturated heterocycles. The molecule has 110 valence electrons. The van der Waals surface area contributed by atoms with Crippen molar-refractivity contribution in [3.63, 3.8) is 0 Å². The van der Waals surface area contributed by atoms with E-state index in [0.717, 1.165) is 30.3 Å². The second-order valence-electron chi connectivity index (χ2n) is 5.38. The van der Waals surface area contributed by atoms with Crippen LogP contribution in [-0.4, -0.2) is 23.6 Å². The van der Waals surface area contributed by atoms with Gasteiger partial charge in [-0.25, -0.2) is 9.97 Å². The normalized spacial score (nSPS) is 15.6. The Morgan fingerprint density at radius 3 is 3.00 bits per heavy atom. The minimum absolute atomic E-state index is 0.460. The van der Waals surface area contributed by atoms with Gasteiger partial charge in [0.1, 0.15) is 12.4 Å². The average Bonchev–Trinajstić information content (AvgIpc) is 2.67. The van der Waals surface area contributed by atoms with Gasteiger partial charge in [-0.2, -0.15) is 0 Å². The highest BCUT2D eigenvalue weighted by Gasteiger charge is 2.04. The summed E-state index contributed by atoms with van der Waals surface area (Å²) in [5.74, 6) is 1.64. The molecule has 1 heterocycles. The van der Waals surface area contributed by atoms with Crippen LogP contribution in [0.4, 0.5) is 5.82 Å². The predicted octanol–water partition coefficient (Wildman–Crippen LogP) is 3.62. The van der Waals surface area contributed by atoms with Crippen molar-refractivity contribution in [3.05, 3.63) is 29.2 Å². The highest BCUT2D eigenvalue weighted by Crippen LogP contribution is 2.19. The van der Waals surface area contributed by atoms with Gasteiger partial charge in [0.05, 0.1) is 0 Å². The Morgan fingerprint density at radius 1 is 1.25 bits per heavy atom. The number of hydrogen-bond acceptors (Lipinski definition) is 4. The van der Waals surface area contributed by atoms with Gasteiger partial charge in [0.25, 0.3) is 0 Å². The van der Waals surface area contributed by atoms with Gasteiger partial charge in [0, 0.05) is 25.4 Å². The van der Waals surface area contributed by atoms with E-state index in [0.29, 0.717) is 6.61 Å². The first kappa shape index (κ1) is 15.0. The van der Waals surface area contributed by atoms with Crippen molar-refractivity contribution in [1.82, 2.24) is 9.97 Å². The first-order valence-corrected chi connectivity index (χ1v) is 7.53. The molecule has 4 nitrogen and oxygen atoms in total. The Hall–Kier alpha value is -1.42. The van der Waals surface area contributed by atoms with Crippen LogP contribution in [-0.2, 0) is 11.3 Å². The number of aryl methyl sites for hydroxylation is 1. The Bertz CT molecular complexity index is 457. The molecular weight excluding hydrogens is 250 g/mol. The molecule has 1 aromatic rings. The molecule has 0 unspecified atom stereocenters. The molecule has 0 fully saturated rings. The molecule has 1 N–H and O–H groups in total. The molecule has 20 heavy (non-hydrogen) atoms. The zero-order valence-electron chi connectivity index (χ0n) is 12.6. The topological polar surface area (TPSA) is 47.0 Å². The molecule has 1 aromatic heterocycles. The number of nitrogens with one attached hydrogen (secondary N) is 1. The summed E-state index contributed by atoms with van der Waals surface area (Å²) in [5, 5.41) is 3.40. The maximum Gasteiger partial charge on any atom is 0.156 e. The summed E-state index contributed by atoms with van der Waals surface area (Å²) in [6.45, 7) is 3.38. The molecule has 0 spiro atoms. The molecule has 0 atom stereocenters. The van der Waals surface area contributed by atoms with Crippen LogP contribution >= 0.6 is 0 Å². The van der Waals surface area contributed by atoms with E-state index in [1.165, 1.54) is 32.1 Å². The van der Waals surface area contributed by atoms with Crippen LogP contribution in [0.3, 0.4) is 0 Å². The lowest BCUT2D eigenvalue weighted by molar-refractivity contribution is 0.177. The molecule has 0 amide bonds. The number of allylic oxidation sites excluding steroid dienone is 1. The summed E-state index contributed by atoms with van der Waals surface area (Å²) in [6, 6.07) is 1.99. The van der Waals surface area contributed by atoms with Gasteiger partial charge in [0.2, 0.25) is 0 Å². The summed E-state index contributed by atoms with van der Waals surface area (Å²) in [6.07, 6.45) is 10.1. The molecule has 0 bridgehead atoms. The summed E-state index contributed by atoms with van der Waals surface area (Å²) in [4.78, 5) is 8.80. The SMILES string of the molecule is COCc1nc(C)cc(NCCC2=CCCCCC2)n1. The van der Waals surface area contributed by atoms with E-state index in [9.17, 15) is 0 Å². The van der Waals surface area contributed by atoms with Crippen LogP contribution in [0.5, 0.6) is 0 Å². The van der Waals surface area contributed by atoms with Crippen molar-refractivity contribution in [2.75, 3.05) is 19.0 Å². The van der Waals surface area contributed by atoms with E-state index in [2.05, 4.69) is 21.4 Å². The number of rotatable bonds is 6. The Labute approximate surface area is 121 Å². The third-order valence-corrected chi connectivity index (χ3v) is 3.56. The molecule has 1 aliphatic carbocycles. The van der Waals surface area contributed by atoms with Crippen LogP contribution < -0.4 is 5.32 Å². The Kier molecular flexibility index (Phi) is 5.99. The number of methoxy groups -OCH3 is 1.